The van der Waals surface area contributed by atoms with Crippen molar-refractivity contribution in [2.75, 3.05) is 40.8 Å². The summed E-state index contributed by atoms with van der Waals surface area (Å²) in [5.41, 5.74) is 0. The summed E-state index contributed by atoms with van der Waals surface area (Å²) in [5, 5.41) is 0. The monoisotopic (exact) mass is 277 g/mol. The number of carbonyl (C=O) groups excluding carboxylic acids is 1. The van der Waals surface area contributed by atoms with Gasteiger partial charge in [-0.3, -0.25) is 4.79 Å². The van der Waals surface area contributed by atoms with Crippen molar-refractivity contribution in [2.24, 2.45) is 0 Å². The molecule has 0 spiro atoms. The second kappa shape index (κ2) is 6.49. The smallest absolute Gasteiger partial charge is 0.281 e. The zero-order chi connectivity index (χ0) is 13.8. The number of amides is 1. The molecule has 1 fully saturated rings. The predicted molar refractivity (Wildman–Crippen MR) is 70.3 cm³/mol. The quantitative estimate of drug-likeness (QED) is 0.717. The highest BCUT2D eigenvalue weighted by Gasteiger charge is 2.28. The summed E-state index contributed by atoms with van der Waals surface area (Å²) in [6, 6.07) is 0. The Hall–Kier alpha value is -0.660. The van der Waals surface area contributed by atoms with Crippen LogP contribution in [-0.2, 0) is 15.0 Å². The Morgan fingerprint density at radius 2 is 1.67 bits per heavy atom. The molecular weight excluding hydrogens is 254 g/mol. The van der Waals surface area contributed by atoms with E-state index in [1.54, 1.807) is 14.1 Å². The van der Waals surface area contributed by atoms with Crippen molar-refractivity contribution in [2.45, 2.75) is 25.7 Å². The lowest BCUT2D eigenvalue weighted by Crippen LogP contribution is -2.45. The second-order valence-electron chi connectivity index (χ2n) is 4.83. The summed E-state index contributed by atoms with van der Waals surface area (Å²) in [6.07, 6.45) is 3.15. The lowest BCUT2D eigenvalue weighted by Gasteiger charge is -2.30. The third kappa shape index (κ3) is 3.93. The van der Waals surface area contributed by atoms with Crippen LogP contribution in [-0.4, -0.2) is 68.6 Å². The molecule has 0 radical (unpaired) electrons. The van der Waals surface area contributed by atoms with E-state index in [1.165, 1.54) is 20.6 Å². The molecule has 1 amide bonds. The van der Waals surface area contributed by atoms with Gasteiger partial charge < -0.3 is 4.90 Å². The van der Waals surface area contributed by atoms with Gasteiger partial charge in [0.25, 0.3) is 10.2 Å². The zero-order valence-electron chi connectivity index (χ0n) is 11.4. The van der Waals surface area contributed by atoms with Crippen LogP contribution in [0.4, 0.5) is 0 Å². The van der Waals surface area contributed by atoms with Crippen LogP contribution in [0.5, 0.6) is 0 Å². The van der Waals surface area contributed by atoms with Gasteiger partial charge in [0, 0.05) is 47.2 Å². The third-order valence-corrected chi connectivity index (χ3v) is 5.16. The van der Waals surface area contributed by atoms with Gasteiger partial charge in [0.15, 0.2) is 0 Å². The molecule has 0 N–H and O–H groups in total. The fraction of sp³-hybridized carbons (Fsp3) is 0.909. The fourth-order valence-electron chi connectivity index (χ4n) is 1.88. The summed E-state index contributed by atoms with van der Waals surface area (Å²) in [5.74, 6) is -0.0595. The highest BCUT2D eigenvalue weighted by molar-refractivity contribution is 7.86. The molecule has 1 aliphatic heterocycles. The molecule has 18 heavy (non-hydrogen) atoms. The summed E-state index contributed by atoms with van der Waals surface area (Å²) < 4.78 is 27.2. The SMILES string of the molecule is CN(C)C(=O)CCN(C)S(=O)(=O)N1CCCCC1. The van der Waals surface area contributed by atoms with Gasteiger partial charge in [-0.2, -0.15) is 17.0 Å². The van der Waals surface area contributed by atoms with Crippen molar-refractivity contribution in [3.8, 4) is 0 Å². The van der Waals surface area contributed by atoms with Gasteiger partial charge >= 0.3 is 0 Å². The molecule has 1 heterocycles. The van der Waals surface area contributed by atoms with E-state index in [1.807, 2.05) is 0 Å². The molecule has 0 aromatic rings. The Balaban J connectivity index is 2.53. The Morgan fingerprint density at radius 1 is 1.11 bits per heavy atom. The van der Waals surface area contributed by atoms with Crippen LogP contribution in [0.3, 0.4) is 0 Å². The van der Waals surface area contributed by atoms with E-state index >= 15 is 0 Å². The Kier molecular flexibility index (Phi) is 5.55. The topological polar surface area (TPSA) is 60.9 Å². The number of carbonyl (C=O) groups is 1. The molecule has 1 aliphatic rings. The fourth-order valence-corrected chi connectivity index (χ4v) is 3.32. The molecule has 1 saturated heterocycles. The van der Waals surface area contributed by atoms with Gasteiger partial charge in [-0.1, -0.05) is 6.42 Å². The first kappa shape index (κ1) is 15.4. The Labute approximate surface area is 110 Å². The van der Waals surface area contributed by atoms with Crippen LogP contribution in [0.15, 0.2) is 0 Å². The first-order valence-electron chi connectivity index (χ1n) is 6.27. The summed E-state index contributed by atoms with van der Waals surface area (Å²) in [6.45, 7) is 1.42. The van der Waals surface area contributed by atoms with Crippen molar-refractivity contribution in [3.63, 3.8) is 0 Å². The molecule has 7 heteroatoms. The molecule has 6 nitrogen and oxygen atoms in total. The van der Waals surface area contributed by atoms with E-state index in [-0.39, 0.29) is 18.9 Å². The van der Waals surface area contributed by atoms with Crippen LogP contribution in [0.25, 0.3) is 0 Å². The van der Waals surface area contributed by atoms with Gasteiger partial charge in [-0.05, 0) is 12.8 Å². The first-order chi connectivity index (χ1) is 8.35. The van der Waals surface area contributed by atoms with Gasteiger partial charge in [-0.25, -0.2) is 0 Å². The maximum Gasteiger partial charge on any atom is 0.281 e. The minimum absolute atomic E-state index is 0.0595. The van der Waals surface area contributed by atoms with Gasteiger partial charge in [-0.15, -0.1) is 0 Å². The van der Waals surface area contributed by atoms with Crippen molar-refractivity contribution in [1.82, 2.24) is 13.5 Å². The summed E-state index contributed by atoms with van der Waals surface area (Å²) in [7, 11) is 1.48. The van der Waals surface area contributed by atoms with Crippen LogP contribution in [0.2, 0.25) is 0 Å². The van der Waals surface area contributed by atoms with Gasteiger partial charge in [0.2, 0.25) is 5.91 Å². The van der Waals surface area contributed by atoms with E-state index in [2.05, 4.69) is 0 Å². The highest BCUT2D eigenvalue weighted by atomic mass is 32.2. The maximum absolute atomic E-state index is 12.2. The minimum atomic E-state index is -3.39. The summed E-state index contributed by atoms with van der Waals surface area (Å²) in [4.78, 5) is 12.9. The van der Waals surface area contributed by atoms with Gasteiger partial charge in [0.05, 0.1) is 0 Å². The minimum Gasteiger partial charge on any atom is -0.349 e. The Morgan fingerprint density at radius 3 is 2.17 bits per heavy atom. The van der Waals surface area contributed by atoms with Crippen molar-refractivity contribution in [3.05, 3.63) is 0 Å². The van der Waals surface area contributed by atoms with Crippen LogP contribution < -0.4 is 0 Å². The number of nitrogens with zero attached hydrogens (tertiary/aromatic N) is 3. The molecule has 1 rings (SSSR count). The van der Waals surface area contributed by atoms with E-state index in [0.29, 0.717) is 13.1 Å². The average Bonchev–Trinajstić information content (AvgIpc) is 2.36. The molecule has 0 aliphatic carbocycles. The molecule has 0 bridgehead atoms. The number of piperidine rings is 1. The molecule has 0 unspecified atom stereocenters. The van der Waals surface area contributed by atoms with E-state index in [4.69, 9.17) is 0 Å². The van der Waals surface area contributed by atoms with Crippen molar-refractivity contribution >= 4 is 16.1 Å². The van der Waals surface area contributed by atoms with Crippen molar-refractivity contribution < 1.29 is 13.2 Å². The normalized spacial score (nSPS) is 18.0. The third-order valence-electron chi connectivity index (χ3n) is 3.17. The van der Waals surface area contributed by atoms with Crippen LogP contribution in [0, 0.1) is 0 Å². The lowest BCUT2D eigenvalue weighted by molar-refractivity contribution is -0.128. The number of hydrogen-bond donors (Lipinski definition) is 0. The van der Waals surface area contributed by atoms with E-state index in [9.17, 15) is 13.2 Å². The maximum atomic E-state index is 12.2. The van der Waals surface area contributed by atoms with Gasteiger partial charge in [0.1, 0.15) is 0 Å². The van der Waals surface area contributed by atoms with Crippen molar-refractivity contribution in [1.29, 1.82) is 0 Å². The second-order valence-corrected chi connectivity index (χ2v) is 6.86. The van der Waals surface area contributed by atoms with Crippen LogP contribution >= 0.6 is 0 Å². The molecule has 0 atom stereocenters. The van der Waals surface area contributed by atoms with E-state index in [0.717, 1.165) is 19.3 Å². The number of hydrogen-bond acceptors (Lipinski definition) is 3. The molecule has 0 saturated carbocycles. The lowest BCUT2D eigenvalue weighted by atomic mass is 10.2. The average molecular weight is 277 g/mol. The Bertz CT molecular complexity index is 375. The zero-order valence-corrected chi connectivity index (χ0v) is 12.2. The van der Waals surface area contributed by atoms with E-state index < -0.39 is 10.2 Å². The number of rotatable bonds is 5. The first-order valence-corrected chi connectivity index (χ1v) is 7.67. The largest absolute Gasteiger partial charge is 0.349 e. The summed E-state index contributed by atoms with van der Waals surface area (Å²) >= 11 is 0. The molecule has 0 aromatic carbocycles. The molecule has 106 valence electrons. The standard InChI is InChI=1S/C11H23N3O3S/c1-12(2)11(15)7-10-13(3)18(16,17)14-8-5-4-6-9-14/h4-10H2,1-3H3. The molecule has 0 aromatic heterocycles. The highest BCUT2D eigenvalue weighted by Crippen LogP contribution is 2.15. The van der Waals surface area contributed by atoms with Crippen LogP contribution in [0.1, 0.15) is 25.7 Å². The molecular formula is C11H23N3O3S. The predicted octanol–water partition coefficient (Wildman–Crippen LogP) is 0.127.